The van der Waals surface area contributed by atoms with E-state index in [1.54, 1.807) is 12.1 Å². The van der Waals surface area contributed by atoms with Crippen molar-refractivity contribution in [3.8, 4) is 0 Å². The minimum atomic E-state index is -3.23. The van der Waals surface area contributed by atoms with E-state index in [1.165, 1.54) is 30.5 Å². The number of nitrogens with zero attached hydrogens (tertiary/aromatic N) is 1. The van der Waals surface area contributed by atoms with Gasteiger partial charge in [-0.05, 0) is 36.4 Å². The molecule has 0 amide bonds. The predicted molar refractivity (Wildman–Crippen MR) is 74.0 cm³/mol. The number of aromatic carboxylic acids is 1. The van der Waals surface area contributed by atoms with Crippen LogP contribution in [0.25, 0.3) is 0 Å². The standard InChI is InChI=1S/C13H12N2O4S/c1-20(18,19)11-4-2-10(3-5-11)15-12-8-9(13(16)17)6-7-14-12/h2-8H,1H3,(H,14,15)(H,16,17). The first kappa shape index (κ1) is 14.0. The zero-order chi connectivity index (χ0) is 14.8. The monoisotopic (exact) mass is 292 g/mol. The van der Waals surface area contributed by atoms with E-state index in [4.69, 9.17) is 5.11 Å². The van der Waals surface area contributed by atoms with Crippen LogP contribution in [0.5, 0.6) is 0 Å². The highest BCUT2D eigenvalue weighted by atomic mass is 32.2. The maximum atomic E-state index is 11.3. The molecule has 1 aromatic carbocycles. The Hall–Kier alpha value is -2.41. The summed E-state index contributed by atoms with van der Waals surface area (Å²) in [4.78, 5) is 15.1. The van der Waals surface area contributed by atoms with Gasteiger partial charge in [-0.2, -0.15) is 0 Å². The molecule has 7 heteroatoms. The molecule has 6 nitrogen and oxygen atoms in total. The van der Waals surface area contributed by atoms with Crippen molar-refractivity contribution in [1.29, 1.82) is 0 Å². The molecule has 0 spiro atoms. The van der Waals surface area contributed by atoms with Crippen LogP contribution in [0.4, 0.5) is 11.5 Å². The Morgan fingerprint density at radius 1 is 1.20 bits per heavy atom. The molecule has 0 saturated heterocycles. The van der Waals surface area contributed by atoms with Crippen LogP contribution in [0.1, 0.15) is 10.4 Å². The van der Waals surface area contributed by atoms with Gasteiger partial charge in [-0.15, -0.1) is 0 Å². The molecule has 0 atom stereocenters. The van der Waals surface area contributed by atoms with Gasteiger partial charge in [0.05, 0.1) is 10.5 Å². The smallest absolute Gasteiger partial charge is 0.335 e. The van der Waals surface area contributed by atoms with Crippen LogP contribution in [0.3, 0.4) is 0 Å². The first-order valence-electron chi connectivity index (χ1n) is 5.63. The molecule has 20 heavy (non-hydrogen) atoms. The molecule has 1 heterocycles. The van der Waals surface area contributed by atoms with Crippen LogP contribution in [-0.4, -0.2) is 30.7 Å². The number of anilines is 2. The second kappa shape index (κ2) is 5.30. The first-order chi connectivity index (χ1) is 9.36. The van der Waals surface area contributed by atoms with Gasteiger partial charge in [0.2, 0.25) is 0 Å². The van der Waals surface area contributed by atoms with E-state index in [2.05, 4.69) is 10.3 Å². The number of hydrogen-bond donors (Lipinski definition) is 2. The summed E-state index contributed by atoms with van der Waals surface area (Å²) in [5.74, 6) is -0.667. The normalized spacial score (nSPS) is 11.1. The number of rotatable bonds is 4. The SMILES string of the molecule is CS(=O)(=O)c1ccc(Nc2cc(C(=O)O)ccn2)cc1. The van der Waals surface area contributed by atoms with Crippen molar-refractivity contribution in [2.24, 2.45) is 0 Å². The van der Waals surface area contributed by atoms with Crippen LogP contribution in [0, 0.1) is 0 Å². The lowest BCUT2D eigenvalue weighted by atomic mass is 10.2. The van der Waals surface area contributed by atoms with Gasteiger partial charge in [0.15, 0.2) is 9.84 Å². The van der Waals surface area contributed by atoms with Gasteiger partial charge >= 0.3 is 5.97 Å². The fourth-order valence-electron chi connectivity index (χ4n) is 1.57. The minimum Gasteiger partial charge on any atom is -0.478 e. The number of nitrogens with one attached hydrogen (secondary N) is 1. The quantitative estimate of drug-likeness (QED) is 0.893. The molecule has 0 unspecified atom stereocenters. The maximum absolute atomic E-state index is 11.3. The molecule has 0 radical (unpaired) electrons. The summed E-state index contributed by atoms with van der Waals surface area (Å²) in [5.41, 5.74) is 0.739. The van der Waals surface area contributed by atoms with Gasteiger partial charge < -0.3 is 10.4 Å². The third-order valence-electron chi connectivity index (χ3n) is 2.56. The maximum Gasteiger partial charge on any atom is 0.335 e. The number of carboxylic acid groups (broad SMARTS) is 1. The molecule has 2 rings (SSSR count). The summed E-state index contributed by atoms with van der Waals surface area (Å²) in [7, 11) is -3.23. The van der Waals surface area contributed by atoms with Gasteiger partial charge in [0, 0.05) is 18.1 Å². The molecular weight excluding hydrogens is 280 g/mol. The zero-order valence-corrected chi connectivity index (χ0v) is 11.4. The molecule has 1 aromatic heterocycles. The lowest BCUT2D eigenvalue weighted by Gasteiger charge is -2.06. The molecule has 0 aliphatic carbocycles. The summed E-state index contributed by atoms with van der Waals surface area (Å²) in [6.45, 7) is 0. The minimum absolute atomic E-state index is 0.121. The number of carbonyl (C=O) groups is 1. The summed E-state index contributed by atoms with van der Waals surface area (Å²) in [5, 5.41) is 11.8. The van der Waals surface area contributed by atoms with Gasteiger partial charge in [-0.25, -0.2) is 18.2 Å². The lowest BCUT2D eigenvalue weighted by Crippen LogP contribution is -2.00. The average molecular weight is 292 g/mol. The Morgan fingerprint density at radius 2 is 1.85 bits per heavy atom. The second-order valence-electron chi connectivity index (χ2n) is 4.16. The zero-order valence-electron chi connectivity index (χ0n) is 10.6. The van der Waals surface area contributed by atoms with E-state index < -0.39 is 15.8 Å². The van der Waals surface area contributed by atoms with Gasteiger partial charge in [0.25, 0.3) is 0 Å². The van der Waals surface area contributed by atoms with Crippen LogP contribution in [0.15, 0.2) is 47.5 Å². The fraction of sp³-hybridized carbons (Fsp3) is 0.0769. The van der Waals surface area contributed by atoms with Gasteiger partial charge in [0.1, 0.15) is 5.82 Å². The predicted octanol–water partition coefficient (Wildman–Crippen LogP) is 1.93. The Bertz CT molecular complexity index is 739. The van der Waals surface area contributed by atoms with Crippen molar-refractivity contribution in [1.82, 2.24) is 4.98 Å². The van der Waals surface area contributed by atoms with Crippen LogP contribution in [0.2, 0.25) is 0 Å². The number of benzene rings is 1. The Labute approximate surface area is 116 Å². The second-order valence-corrected chi connectivity index (χ2v) is 6.17. The summed E-state index contributed by atoms with van der Waals surface area (Å²) >= 11 is 0. The lowest BCUT2D eigenvalue weighted by molar-refractivity contribution is 0.0697. The molecular formula is C13H12N2O4S. The van der Waals surface area contributed by atoms with E-state index in [0.29, 0.717) is 11.5 Å². The Balaban J connectivity index is 2.22. The molecule has 104 valence electrons. The van der Waals surface area contributed by atoms with Gasteiger partial charge in [-0.1, -0.05) is 0 Å². The largest absolute Gasteiger partial charge is 0.478 e. The number of pyridine rings is 1. The molecule has 0 aliphatic rings. The average Bonchev–Trinajstić information content (AvgIpc) is 2.38. The van der Waals surface area contributed by atoms with Crippen molar-refractivity contribution >= 4 is 27.3 Å². The highest BCUT2D eigenvalue weighted by Crippen LogP contribution is 2.18. The third kappa shape index (κ3) is 3.33. The highest BCUT2D eigenvalue weighted by Gasteiger charge is 2.07. The molecule has 0 fully saturated rings. The van der Waals surface area contributed by atoms with Gasteiger partial charge in [-0.3, -0.25) is 0 Å². The number of aromatic nitrogens is 1. The molecule has 0 aliphatic heterocycles. The Morgan fingerprint density at radius 3 is 2.40 bits per heavy atom. The molecule has 0 saturated carbocycles. The summed E-state index contributed by atoms with van der Waals surface area (Å²) in [6.07, 6.45) is 2.52. The molecule has 0 bridgehead atoms. The molecule has 2 N–H and O–H groups in total. The summed E-state index contributed by atoms with van der Waals surface area (Å²) < 4.78 is 22.6. The van der Waals surface area contributed by atoms with Crippen molar-refractivity contribution < 1.29 is 18.3 Å². The number of hydrogen-bond acceptors (Lipinski definition) is 5. The number of sulfone groups is 1. The van der Waals surface area contributed by atoms with E-state index in [-0.39, 0.29) is 10.5 Å². The van der Waals surface area contributed by atoms with E-state index in [1.807, 2.05) is 0 Å². The van der Waals surface area contributed by atoms with Crippen LogP contribution in [-0.2, 0) is 9.84 Å². The van der Waals surface area contributed by atoms with Crippen molar-refractivity contribution in [2.75, 3.05) is 11.6 Å². The van der Waals surface area contributed by atoms with Crippen molar-refractivity contribution in [2.45, 2.75) is 4.90 Å². The Kier molecular flexibility index (Phi) is 3.71. The van der Waals surface area contributed by atoms with Crippen molar-refractivity contribution in [3.05, 3.63) is 48.2 Å². The summed E-state index contributed by atoms with van der Waals surface area (Å²) in [6, 6.07) is 8.90. The highest BCUT2D eigenvalue weighted by molar-refractivity contribution is 7.90. The van der Waals surface area contributed by atoms with Crippen LogP contribution >= 0.6 is 0 Å². The molecule has 2 aromatic rings. The number of carboxylic acids is 1. The topological polar surface area (TPSA) is 96.4 Å². The fourth-order valence-corrected chi connectivity index (χ4v) is 2.20. The van der Waals surface area contributed by atoms with E-state index in [0.717, 1.165) is 6.26 Å². The first-order valence-corrected chi connectivity index (χ1v) is 7.52. The van der Waals surface area contributed by atoms with E-state index >= 15 is 0 Å². The third-order valence-corrected chi connectivity index (χ3v) is 3.69. The van der Waals surface area contributed by atoms with E-state index in [9.17, 15) is 13.2 Å². The van der Waals surface area contributed by atoms with Crippen LogP contribution < -0.4 is 5.32 Å². The van der Waals surface area contributed by atoms with Crippen molar-refractivity contribution in [3.63, 3.8) is 0 Å².